The van der Waals surface area contributed by atoms with Crippen LogP contribution in [0.15, 0.2) is 57.0 Å². The molecule has 1 aliphatic heterocycles. The van der Waals surface area contributed by atoms with Gasteiger partial charge in [-0.2, -0.15) is 0 Å². The van der Waals surface area contributed by atoms with E-state index in [9.17, 15) is 24.3 Å². The second-order valence-electron chi connectivity index (χ2n) is 6.84. The van der Waals surface area contributed by atoms with Gasteiger partial charge in [-0.1, -0.05) is 11.6 Å². The van der Waals surface area contributed by atoms with E-state index < -0.39 is 23.9 Å². The molecule has 1 saturated heterocycles. The van der Waals surface area contributed by atoms with Gasteiger partial charge in [0.05, 0.1) is 24.2 Å². The number of hydrogen-bond donors (Lipinski definition) is 2. The van der Waals surface area contributed by atoms with Crippen LogP contribution in [0.25, 0.3) is 17.4 Å². The highest BCUT2D eigenvalue weighted by molar-refractivity contribution is 6.33. The van der Waals surface area contributed by atoms with E-state index >= 15 is 0 Å². The Balaban J connectivity index is 1.52. The molecule has 11 heteroatoms. The maximum absolute atomic E-state index is 12.7. The van der Waals surface area contributed by atoms with Crippen molar-refractivity contribution in [1.82, 2.24) is 10.2 Å². The van der Waals surface area contributed by atoms with Gasteiger partial charge in [-0.15, -0.1) is 0 Å². The zero-order chi connectivity index (χ0) is 23.7. The minimum atomic E-state index is -1.18. The molecule has 0 unspecified atom stereocenters. The summed E-state index contributed by atoms with van der Waals surface area (Å²) in [5.41, 5.74) is 0.375. The molecule has 33 heavy (non-hydrogen) atoms. The van der Waals surface area contributed by atoms with Gasteiger partial charge in [0.1, 0.15) is 23.0 Å². The van der Waals surface area contributed by atoms with Crippen molar-refractivity contribution in [3.05, 3.63) is 76.0 Å². The predicted octanol–water partition coefficient (Wildman–Crippen LogP) is 3.77. The number of furan rings is 2. The van der Waals surface area contributed by atoms with Gasteiger partial charge in [-0.3, -0.25) is 9.69 Å². The van der Waals surface area contributed by atoms with Crippen molar-refractivity contribution in [2.24, 2.45) is 0 Å². The Morgan fingerprint density at radius 1 is 1.15 bits per heavy atom. The fraction of sp³-hybridized carbons (Fsp3) is 0.0909. The Labute approximate surface area is 191 Å². The number of ether oxygens (including phenoxy) is 1. The lowest BCUT2D eigenvalue weighted by Gasteiger charge is -2.09. The second-order valence-corrected chi connectivity index (χ2v) is 7.25. The average Bonchev–Trinajstić information content (AvgIpc) is 3.51. The number of aromatic carboxylic acids is 1. The monoisotopic (exact) mass is 470 g/mol. The van der Waals surface area contributed by atoms with Gasteiger partial charge >= 0.3 is 18.0 Å². The lowest BCUT2D eigenvalue weighted by Crippen LogP contribution is -2.30. The molecule has 0 aliphatic carbocycles. The van der Waals surface area contributed by atoms with E-state index in [2.05, 4.69) is 10.1 Å². The molecule has 3 heterocycles. The van der Waals surface area contributed by atoms with Gasteiger partial charge < -0.3 is 24.0 Å². The van der Waals surface area contributed by atoms with Gasteiger partial charge in [-0.05, 0) is 42.5 Å². The number of benzene rings is 1. The van der Waals surface area contributed by atoms with Crippen molar-refractivity contribution in [3.63, 3.8) is 0 Å². The number of nitrogens with zero attached hydrogens (tertiary/aromatic N) is 1. The Bertz CT molecular complexity index is 1320. The van der Waals surface area contributed by atoms with Crippen LogP contribution in [0.4, 0.5) is 4.79 Å². The number of rotatable bonds is 6. The third kappa shape index (κ3) is 4.37. The lowest BCUT2D eigenvalue weighted by molar-refractivity contribution is -0.123. The van der Waals surface area contributed by atoms with Crippen molar-refractivity contribution in [1.29, 1.82) is 0 Å². The summed E-state index contributed by atoms with van der Waals surface area (Å²) in [7, 11) is 1.21. The molecule has 3 amide bonds. The second kappa shape index (κ2) is 8.67. The first-order valence-electron chi connectivity index (χ1n) is 9.41. The molecule has 0 bridgehead atoms. The third-order valence-electron chi connectivity index (χ3n) is 4.72. The fourth-order valence-electron chi connectivity index (χ4n) is 3.11. The van der Waals surface area contributed by atoms with Crippen LogP contribution in [0, 0.1) is 0 Å². The van der Waals surface area contributed by atoms with E-state index in [1.807, 2.05) is 0 Å². The molecule has 1 fully saturated rings. The average molecular weight is 471 g/mol. The van der Waals surface area contributed by atoms with E-state index in [4.69, 9.17) is 20.4 Å². The van der Waals surface area contributed by atoms with E-state index in [1.54, 1.807) is 18.2 Å². The standard InChI is InChI=1S/C22H15ClN2O8/c1-31-21(29)18-7-4-13(33-18)10-25-19(26)16(24-22(25)30)9-12-3-6-17(32-12)11-2-5-15(23)14(8-11)20(27)28/h2-9H,10H2,1H3,(H,24,30)(H,27,28)/b16-9-. The van der Waals surface area contributed by atoms with Crippen LogP contribution in [-0.2, 0) is 16.1 Å². The molecule has 0 saturated carbocycles. The number of hydrogen-bond acceptors (Lipinski definition) is 7. The molecule has 3 aromatic rings. The molecular formula is C22H15ClN2O8. The number of amides is 3. The minimum Gasteiger partial charge on any atom is -0.478 e. The molecule has 4 rings (SSSR count). The number of halogens is 1. The molecule has 0 radical (unpaired) electrons. The third-order valence-corrected chi connectivity index (χ3v) is 5.05. The van der Waals surface area contributed by atoms with Crippen LogP contribution in [-0.4, -0.2) is 41.0 Å². The molecule has 168 valence electrons. The summed E-state index contributed by atoms with van der Waals surface area (Å²) in [4.78, 5) is 48.6. The minimum absolute atomic E-state index is 0.0250. The van der Waals surface area contributed by atoms with E-state index in [1.165, 1.54) is 37.5 Å². The predicted molar refractivity (Wildman–Crippen MR) is 113 cm³/mol. The molecule has 0 atom stereocenters. The first kappa shape index (κ1) is 21.9. The maximum Gasteiger partial charge on any atom is 0.373 e. The fourth-order valence-corrected chi connectivity index (χ4v) is 3.31. The molecule has 1 aliphatic rings. The summed E-state index contributed by atoms with van der Waals surface area (Å²) < 4.78 is 15.5. The van der Waals surface area contributed by atoms with Crippen LogP contribution in [0.2, 0.25) is 5.02 Å². The molecule has 1 aromatic carbocycles. The maximum atomic E-state index is 12.7. The quantitative estimate of drug-likeness (QED) is 0.315. The van der Waals surface area contributed by atoms with Crippen LogP contribution >= 0.6 is 11.6 Å². The Morgan fingerprint density at radius 3 is 2.67 bits per heavy atom. The van der Waals surface area contributed by atoms with Crippen molar-refractivity contribution in [2.75, 3.05) is 7.11 Å². The summed E-state index contributed by atoms with van der Waals surface area (Å²) in [5.74, 6) is -1.69. The number of carbonyl (C=O) groups excluding carboxylic acids is 3. The van der Waals surface area contributed by atoms with Gasteiger partial charge in [0.2, 0.25) is 5.76 Å². The highest BCUT2D eigenvalue weighted by Gasteiger charge is 2.34. The van der Waals surface area contributed by atoms with Gasteiger partial charge in [0.25, 0.3) is 5.91 Å². The van der Waals surface area contributed by atoms with Crippen molar-refractivity contribution >= 4 is 41.6 Å². The summed E-state index contributed by atoms with van der Waals surface area (Å²) in [6, 6.07) is 9.75. The topological polar surface area (TPSA) is 139 Å². The first-order chi connectivity index (χ1) is 15.8. The Kier molecular flexibility index (Phi) is 5.76. The number of carbonyl (C=O) groups is 4. The van der Waals surface area contributed by atoms with Crippen molar-refractivity contribution < 1.29 is 37.9 Å². The highest BCUT2D eigenvalue weighted by Crippen LogP contribution is 2.28. The number of carboxylic acid groups (broad SMARTS) is 1. The largest absolute Gasteiger partial charge is 0.478 e. The molecule has 2 N–H and O–H groups in total. The zero-order valence-corrected chi connectivity index (χ0v) is 17.7. The first-order valence-corrected chi connectivity index (χ1v) is 9.79. The van der Waals surface area contributed by atoms with Crippen molar-refractivity contribution in [3.8, 4) is 11.3 Å². The SMILES string of the molecule is COC(=O)c1ccc(CN2C(=O)N/C(=C\c3ccc(-c4ccc(Cl)c(C(=O)O)c4)o3)C2=O)o1. The summed E-state index contributed by atoms with van der Waals surface area (Å²) in [6.07, 6.45) is 1.35. The zero-order valence-electron chi connectivity index (χ0n) is 17.0. The lowest BCUT2D eigenvalue weighted by atomic mass is 10.1. The molecule has 0 spiro atoms. The van der Waals surface area contributed by atoms with E-state index in [0.29, 0.717) is 11.3 Å². The van der Waals surface area contributed by atoms with Crippen LogP contribution in [0.3, 0.4) is 0 Å². The number of imide groups is 1. The number of carboxylic acids is 1. The molecular weight excluding hydrogens is 456 g/mol. The number of methoxy groups -OCH3 is 1. The normalized spacial score (nSPS) is 14.6. The van der Waals surface area contributed by atoms with Crippen LogP contribution in [0.1, 0.15) is 32.4 Å². The summed E-state index contributed by atoms with van der Waals surface area (Å²) >= 11 is 5.89. The van der Waals surface area contributed by atoms with Crippen LogP contribution in [0.5, 0.6) is 0 Å². The summed E-state index contributed by atoms with van der Waals surface area (Å²) in [6.45, 7) is -0.189. The number of nitrogens with one attached hydrogen (secondary N) is 1. The van der Waals surface area contributed by atoms with Gasteiger partial charge in [0.15, 0.2) is 0 Å². The van der Waals surface area contributed by atoms with E-state index in [0.717, 1.165) is 4.90 Å². The highest BCUT2D eigenvalue weighted by atomic mass is 35.5. The smallest absolute Gasteiger partial charge is 0.373 e. The summed E-state index contributed by atoms with van der Waals surface area (Å²) in [5, 5.41) is 11.8. The molecule has 2 aromatic heterocycles. The number of esters is 1. The molecule has 10 nitrogen and oxygen atoms in total. The van der Waals surface area contributed by atoms with Gasteiger partial charge in [0, 0.05) is 11.6 Å². The van der Waals surface area contributed by atoms with Gasteiger partial charge in [-0.25, -0.2) is 14.4 Å². The Morgan fingerprint density at radius 2 is 1.94 bits per heavy atom. The van der Waals surface area contributed by atoms with E-state index in [-0.39, 0.29) is 40.1 Å². The number of urea groups is 1. The van der Waals surface area contributed by atoms with Crippen LogP contribution < -0.4 is 5.32 Å². The van der Waals surface area contributed by atoms with Crippen molar-refractivity contribution in [2.45, 2.75) is 6.54 Å². The Hall–Kier alpha value is -4.31.